The van der Waals surface area contributed by atoms with Crippen LogP contribution in [-0.2, 0) is 17.6 Å². The van der Waals surface area contributed by atoms with Gasteiger partial charge in [-0.05, 0) is 56.7 Å². The van der Waals surface area contributed by atoms with E-state index in [2.05, 4.69) is 16.3 Å². The third kappa shape index (κ3) is 3.74. The first-order valence-electron chi connectivity index (χ1n) is 8.39. The van der Waals surface area contributed by atoms with E-state index in [-0.39, 0.29) is 12.5 Å². The third-order valence-corrected chi connectivity index (χ3v) is 6.11. The molecule has 0 saturated carbocycles. The number of nitriles is 1. The molecular formula is C17H23N3O2S. The molecule has 23 heavy (non-hydrogen) atoms. The SMILES string of the molecule is N#Cc1c(NC(=O)CCN2CCC(CO)CC2)sc2c1CCC2. The number of amides is 1. The van der Waals surface area contributed by atoms with Crippen molar-refractivity contribution in [3.8, 4) is 6.07 Å². The number of aliphatic hydroxyl groups excluding tert-OH is 1. The highest BCUT2D eigenvalue weighted by molar-refractivity contribution is 7.16. The van der Waals surface area contributed by atoms with Crippen molar-refractivity contribution in [2.45, 2.75) is 38.5 Å². The summed E-state index contributed by atoms with van der Waals surface area (Å²) in [6, 6.07) is 2.26. The van der Waals surface area contributed by atoms with Crippen molar-refractivity contribution < 1.29 is 9.90 Å². The van der Waals surface area contributed by atoms with E-state index in [1.807, 2.05) is 0 Å². The fraction of sp³-hybridized carbons (Fsp3) is 0.647. The molecule has 0 radical (unpaired) electrons. The van der Waals surface area contributed by atoms with E-state index < -0.39 is 0 Å². The van der Waals surface area contributed by atoms with Crippen LogP contribution in [0.2, 0.25) is 0 Å². The smallest absolute Gasteiger partial charge is 0.226 e. The van der Waals surface area contributed by atoms with Crippen LogP contribution in [0.1, 0.15) is 41.7 Å². The van der Waals surface area contributed by atoms with Gasteiger partial charge in [-0.3, -0.25) is 4.79 Å². The standard InChI is InChI=1S/C17H23N3O2S/c18-10-14-13-2-1-3-15(13)23-17(14)19-16(22)6-9-20-7-4-12(11-21)5-8-20/h12,21H,1-9,11H2,(H,19,22). The number of thiophene rings is 1. The van der Waals surface area contributed by atoms with Gasteiger partial charge in [-0.25, -0.2) is 0 Å². The molecule has 1 saturated heterocycles. The number of aliphatic hydroxyl groups is 1. The quantitative estimate of drug-likeness (QED) is 0.865. The number of fused-ring (bicyclic) bond motifs is 1. The number of anilines is 1. The Morgan fingerprint density at radius 2 is 2.17 bits per heavy atom. The summed E-state index contributed by atoms with van der Waals surface area (Å²) in [5.41, 5.74) is 1.83. The van der Waals surface area contributed by atoms with Crippen LogP contribution in [0.3, 0.4) is 0 Å². The largest absolute Gasteiger partial charge is 0.396 e. The van der Waals surface area contributed by atoms with Gasteiger partial charge in [0.2, 0.25) is 5.91 Å². The van der Waals surface area contributed by atoms with Crippen molar-refractivity contribution in [2.24, 2.45) is 5.92 Å². The molecule has 3 rings (SSSR count). The highest BCUT2D eigenvalue weighted by Crippen LogP contribution is 2.38. The van der Waals surface area contributed by atoms with Crippen LogP contribution < -0.4 is 5.32 Å². The molecule has 1 aromatic rings. The summed E-state index contributed by atoms with van der Waals surface area (Å²) in [6.07, 6.45) is 5.59. The lowest BCUT2D eigenvalue weighted by Gasteiger charge is -2.30. The molecule has 1 aliphatic heterocycles. The topological polar surface area (TPSA) is 76.4 Å². The maximum absolute atomic E-state index is 12.2. The predicted molar refractivity (Wildman–Crippen MR) is 90.6 cm³/mol. The van der Waals surface area contributed by atoms with E-state index in [9.17, 15) is 10.1 Å². The lowest BCUT2D eigenvalue weighted by Crippen LogP contribution is -2.36. The van der Waals surface area contributed by atoms with Crippen molar-refractivity contribution in [3.63, 3.8) is 0 Å². The van der Waals surface area contributed by atoms with Gasteiger partial charge < -0.3 is 15.3 Å². The molecule has 1 aromatic heterocycles. The summed E-state index contributed by atoms with van der Waals surface area (Å²) < 4.78 is 0. The summed E-state index contributed by atoms with van der Waals surface area (Å²) in [4.78, 5) is 15.7. The fourth-order valence-electron chi connectivity index (χ4n) is 3.45. The Morgan fingerprint density at radius 3 is 2.87 bits per heavy atom. The van der Waals surface area contributed by atoms with Gasteiger partial charge in [0.15, 0.2) is 0 Å². The number of rotatable bonds is 5. The van der Waals surface area contributed by atoms with Crippen LogP contribution in [0.4, 0.5) is 5.00 Å². The zero-order chi connectivity index (χ0) is 16.2. The van der Waals surface area contributed by atoms with Crippen LogP contribution in [0.15, 0.2) is 0 Å². The van der Waals surface area contributed by atoms with Crippen molar-refractivity contribution in [2.75, 3.05) is 31.6 Å². The van der Waals surface area contributed by atoms with E-state index in [1.165, 1.54) is 4.88 Å². The van der Waals surface area contributed by atoms with Crippen molar-refractivity contribution in [1.82, 2.24) is 4.90 Å². The summed E-state index contributed by atoms with van der Waals surface area (Å²) in [5.74, 6) is 0.414. The molecule has 0 bridgehead atoms. The van der Waals surface area contributed by atoms with Crippen molar-refractivity contribution in [3.05, 3.63) is 16.0 Å². The number of piperidine rings is 1. The van der Waals surface area contributed by atoms with E-state index in [1.54, 1.807) is 11.3 Å². The van der Waals surface area contributed by atoms with E-state index in [0.29, 0.717) is 17.9 Å². The number of carbonyl (C=O) groups is 1. The monoisotopic (exact) mass is 333 g/mol. The zero-order valence-electron chi connectivity index (χ0n) is 13.3. The third-order valence-electron chi connectivity index (χ3n) is 4.91. The fourth-order valence-corrected chi connectivity index (χ4v) is 4.71. The minimum atomic E-state index is -0.00861. The van der Waals surface area contributed by atoms with Crippen LogP contribution in [0.5, 0.6) is 0 Å². The second kappa shape index (κ2) is 7.43. The number of likely N-dealkylation sites (tertiary alicyclic amines) is 1. The van der Waals surface area contributed by atoms with Gasteiger partial charge in [-0.1, -0.05) is 0 Å². The lowest BCUT2D eigenvalue weighted by molar-refractivity contribution is -0.116. The van der Waals surface area contributed by atoms with Gasteiger partial charge in [0.25, 0.3) is 0 Å². The Balaban J connectivity index is 1.50. The molecule has 0 aromatic carbocycles. The summed E-state index contributed by atoms with van der Waals surface area (Å²) >= 11 is 1.57. The van der Waals surface area contributed by atoms with Gasteiger partial charge >= 0.3 is 0 Å². The summed E-state index contributed by atoms with van der Waals surface area (Å²) in [6.45, 7) is 2.93. The number of nitrogens with zero attached hydrogens (tertiary/aromatic N) is 2. The Bertz CT molecular complexity index is 612. The number of aryl methyl sites for hydroxylation is 1. The maximum atomic E-state index is 12.2. The Hall–Kier alpha value is -1.42. The van der Waals surface area contributed by atoms with Crippen LogP contribution in [0, 0.1) is 17.2 Å². The number of nitrogens with one attached hydrogen (secondary N) is 1. The first-order chi connectivity index (χ1) is 11.2. The minimum absolute atomic E-state index is 0.00861. The number of hydrogen-bond donors (Lipinski definition) is 2. The van der Waals surface area contributed by atoms with E-state index in [4.69, 9.17) is 5.11 Å². The lowest BCUT2D eigenvalue weighted by atomic mass is 9.98. The molecule has 0 atom stereocenters. The summed E-state index contributed by atoms with van der Waals surface area (Å²) in [5, 5.41) is 22.2. The van der Waals surface area contributed by atoms with Gasteiger partial charge in [-0.2, -0.15) is 5.26 Å². The van der Waals surface area contributed by atoms with Crippen molar-refractivity contribution >= 4 is 22.2 Å². The van der Waals surface area contributed by atoms with Crippen LogP contribution in [0.25, 0.3) is 0 Å². The molecule has 2 aliphatic rings. The van der Waals surface area contributed by atoms with E-state index in [0.717, 1.165) is 62.3 Å². The molecule has 1 amide bonds. The molecule has 1 aliphatic carbocycles. The molecule has 1 fully saturated rings. The molecule has 5 nitrogen and oxygen atoms in total. The highest BCUT2D eigenvalue weighted by atomic mass is 32.1. The molecular weight excluding hydrogens is 310 g/mol. The number of carbonyl (C=O) groups excluding carboxylic acids is 1. The molecule has 6 heteroatoms. The molecule has 2 N–H and O–H groups in total. The predicted octanol–water partition coefficient (Wildman–Crippen LogP) is 2.14. The zero-order valence-corrected chi connectivity index (χ0v) is 14.1. The highest BCUT2D eigenvalue weighted by Gasteiger charge is 2.23. The minimum Gasteiger partial charge on any atom is -0.396 e. The van der Waals surface area contributed by atoms with Gasteiger partial charge in [-0.15, -0.1) is 11.3 Å². The first kappa shape index (κ1) is 16.4. The maximum Gasteiger partial charge on any atom is 0.226 e. The molecule has 2 heterocycles. The second-order valence-electron chi connectivity index (χ2n) is 6.44. The van der Waals surface area contributed by atoms with Gasteiger partial charge in [0, 0.05) is 24.4 Å². The van der Waals surface area contributed by atoms with Crippen molar-refractivity contribution in [1.29, 1.82) is 5.26 Å². The number of hydrogen-bond acceptors (Lipinski definition) is 5. The average molecular weight is 333 g/mol. The second-order valence-corrected chi connectivity index (χ2v) is 7.54. The molecule has 0 spiro atoms. The first-order valence-corrected chi connectivity index (χ1v) is 9.20. The molecule has 0 unspecified atom stereocenters. The van der Waals surface area contributed by atoms with E-state index >= 15 is 0 Å². The van der Waals surface area contributed by atoms with Crippen LogP contribution in [-0.4, -0.2) is 42.2 Å². The Morgan fingerprint density at radius 1 is 1.39 bits per heavy atom. The van der Waals surface area contributed by atoms with Gasteiger partial charge in [0.1, 0.15) is 11.1 Å². The molecule has 124 valence electrons. The Labute approximate surface area is 140 Å². The normalized spacial score (nSPS) is 18.6. The summed E-state index contributed by atoms with van der Waals surface area (Å²) in [7, 11) is 0. The van der Waals surface area contributed by atoms with Gasteiger partial charge in [0.05, 0.1) is 5.56 Å². The Kier molecular flexibility index (Phi) is 5.31. The van der Waals surface area contributed by atoms with Crippen LogP contribution >= 0.6 is 11.3 Å². The average Bonchev–Trinajstić information content (AvgIpc) is 3.14.